The number of benzene rings is 1. The average molecular weight is 360 g/mol. The van der Waals surface area contributed by atoms with E-state index in [-0.39, 0.29) is 5.91 Å². The SMILES string of the molecule is O=C(c1cccc(F)c1)N1CCN(c2nnc3ccc(Cl)cn23)CC1. The van der Waals surface area contributed by atoms with Gasteiger partial charge < -0.3 is 9.80 Å². The molecule has 128 valence electrons. The standard InChI is InChI=1S/C17H15ClFN5O/c18-13-4-5-15-20-21-17(24(15)11-13)23-8-6-22(7-9-23)16(25)12-2-1-3-14(19)10-12/h1-5,10-11H,6-9H2. The van der Waals surface area contributed by atoms with Gasteiger partial charge in [-0.2, -0.15) is 0 Å². The predicted octanol–water partition coefficient (Wildman–Crippen LogP) is 2.48. The fourth-order valence-corrected chi connectivity index (χ4v) is 3.14. The monoisotopic (exact) mass is 359 g/mol. The highest BCUT2D eigenvalue weighted by molar-refractivity contribution is 6.30. The molecule has 1 saturated heterocycles. The average Bonchev–Trinajstić information content (AvgIpc) is 3.04. The molecule has 0 unspecified atom stereocenters. The second kappa shape index (κ2) is 6.33. The van der Waals surface area contributed by atoms with E-state index in [1.54, 1.807) is 29.3 Å². The van der Waals surface area contributed by atoms with E-state index in [1.807, 2.05) is 10.5 Å². The first kappa shape index (κ1) is 15.8. The van der Waals surface area contributed by atoms with Crippen molar-refractivity contribution in [3.05, 3.63) is 59.0 Å². The summed E-state index contributed by atoms with van der Waals surface area (Å²) in [7, 11) is 0. The third-order valence-electron chi connectivity index (χ3n) is 4.27. The van der Waals surface area contributed by atoms with Crippen molar-refractivity contribution in [1.29, 1.82) is 0 Å². The zero-order valence-electron chi connectivity index (χ0n) is 13.3. The van der Waals surface area contributed by atoms with Crippen LogP contribution in [0.1, 0.15) is 10.4 Å². The van der Waals surface area contributed by atoms with Gasteiger partial charge in [0.05, 0.1) is 5.02 Å². The van der Waals surface area contributed by atoms with Gasteiger partial charge in [-0.3, -0.25) is 9.20 Å². The molecule has 0 saturated carbocycles. The molecule has 8 heteroatoms. The Labute approximate surface area is 148 Å². The molecule has 1 fully saturated rings. The molecule has 1 aliphatic heterocycles. The summed E-state index contributed by atoms with van der Waals surface area (Å²) in [5, 5.41) is 8.97. The highest BCUT2D eigenvalue weighted by atomic mass is 35.5. The molecule has 0 N–H and O–H groups in total. The van der Waals surface area contributed by atoms with Crippen LogP contribution < -0.4 is 4.90 Å². The zero-order chi connectivity index (χ0) is 17.4. The lowest BCUT2D eigenvalue weighted by Crippen LogP contribution is -2.49. The Morgan fingerprint density at radius 2 is 1.88 bits per heavy atom. The second-order valence-corrected chi connectivity index (χ2v) is 6.30. The number of anilines is 1. The van der Waals surface area contributed by atoms with Crippen LogP contribution in [0.5, 0.6) is 0 Å². The predicted molar refractivity (Wildman–Crippen MR) is 92.5 cm³/mol. The third kappa shape index (κ3) is 3.02. The van der Waals surface area contributed by atoms with Gasteiger partial charge >= 0.3 is 0 Å². The smallest absolute Gasteiger partial charge is 0.254 e. The summed E-state index contributed by atoms with van der Waals surface area (Å²) in [6.07, 6.45) is 1.77. The third-order valence-corrected chi connectivity index (χ3v) is 4.49. The van der Waals surface area contributed by atoms with Gasteiger partial charge in [-0.1, -0.05) is 17.7 Å². The minimum Gasteiger partial charge on any atom is -0.337 e. The number of aromatic nitrogens is 3. The Hall–Kier alpha value is -2.67. The van der Waals surface area contributed by atoms with Crippen molar-refractivity contribution in [1.82, 2.24) is 19.5 Å². The minimum absolute atomic E-state index is 0.159. The number of rotatable bonds is 2. The van der Waals surface area contributed by atoms with Crippen LogP contribution in [0.15, 0.2) is 42.6 Å². The topological polar surface area (TPSA) is 53.7 Å². The van der Waals surface area contributed by atoms with E-state index in [9.17, 15) is 9.18 Å². The van der Waals surface area contributed by atoms with Gasteiger partial charge in [-0.25, -0.2) is 4.39 Å². The zero-order valence-corrected chi connectivity index (χ0v) is 14.0. The molecular weight excluding hydrogens is 345 g/mol. The maximum absolute atomic E-state index is 13.3. The van der Waals surface area contributed by atoms with E-state index >= 15 is 0 Å². The molecule has 0 spiro atoms. The lowest BCUT2D eigenvalue weighted by atomic mass is 10.2. The van der Waals surface area contributed by atoms with E-state index in [0.717, 1.165) is 5.65 Å². The van der Waals surface area contributed by atoms with Crippen molar-refractivity contribution in [3.63, 3.8) is 0 Å². The molecule has 4 rings (SSSR count). The van der Waals surface area contributed by atoms with Gasteiger partial charge in [0.15, 0.2) is 5.65 Å². The lowest BCUT2D eigenvalue weighted by molar-refractivity contribution is 0.0745. The number of fused-ring (bicyclic) bond motifs is 1. The van der Waals surface area contributed by atoms with Gasteiger partial charge in [0.25, 0.3) is 5.91 Å². The van der Waals surface area contributed by atoms with Gasteiger partial charge in [-0.15, -0.1) is 10.2 Å². The number of amides is 1. The molecule has 1 aliphatic rings. The largest absolute Gasteiger partial charge is 0.337 e. The van der Waals surface area contributed by atoms with Crippen LogP contribution >= 0.6 is 11.6 Å². The number of piperazine rings is 1. The number of hydrogen-bond donors (Lipinski definition) is 0. The van der Waals surface area contributed by atoms with Gasteiger partial charge in [-0.05, 0) is 30.3 Å². The van der Waals surface area contributed by atoms with E-state index < -0.39 is 5.82 Å². The van der Waals surface area contributed by atoms with Crippen molar-refractivity contribution in [2.45, 2.75) is 0 Å². The quantitative estimate of drug-likeness (QED) is 0.705. The van der Waals surface area contributed by atoms with Gasteiger partial charge in [0, 0.05) is 37.9 Å². The van der Waals surface area contributed by atoms with Crippen molar-refractivity contribution in [2.24, 2.45) is 0 Å². The van der Waals surface area contributed by atoms with Crippen LogP contribution in [-0.2, 0) is 0 Å². The summed E-state index contributed by atoms with van der Waals surface area (Å²) in [4.78, 5) is 16.3. The Kier molecular flexibility index (Phi) is 4.01. The number of pyridine rings is 1. The number of hydrogen-bond acceptors (Lipinski definition) is 4. The fraction of sp³-hybridized carbons (Fsp3) is 0.235. The first-order valence-corrected chi connectivity index (χ1v) is 8.30. The summed E-state index contributed by atoms with van der Waals surface area (Å²) < 4.78 is 15.2. The molecule has 1 amide bonds. The lowest BCUT2D eigenvalue weighted by Gasteiger charge is -2.34. The molecule has 0 bridgehead atoms. The molecule has 0 atom stereocenters. The molecule has 3 aromatic rings. The van der Waals surface area contributed by atoms with E-state index in [1.165, 1.54) is 12.1 Å². The number of carbonyl (C=O) groups is 1. The Morgan fingerprint density at radius 1 is 1.08 bits per heavy atom. The number of nitrogens with zero attached hydrogens (tertiary/aromatic N) is 5. The van der Waals surface area contributed by atoms with Crippen molar-refractivity contribution in [2.75, 3.05) is 31.1 Å². The molecule has 0 aliphatic carbocycles. The normalized spacial score (nSPS) is 15.0. The summed E-state index contributed by atoms with van der Waals surface area (Å²) in [6.45, 7) is 2.30. The molecule has 6 nitrogen and oxygen atoms in total. The Morgan fingerprint density at radius 3 is 2.64 bits per heavy atom. The van der Waals surface area contributed by atoms with Gasteiger partial charge in [0.1, 0.15) is 5.82 Å². The first-order valence-electron chi connectivity index (χ1n) is 7.92. The highest BCUT2D eigenvalue weighted by Crippen LogP contribution is 2.19. The van der Waals surface area contributed by atoms with Gasteiger partial charge in [0.2, 0.25) is 5.95 Å². The van der Waals surface area contributed by atoms with Crippen LogP contribution in [0.4, 0.5) is 10.3 Å². The molecule has 0 radical (unpaired) electrons. The van der Waals surface area contributed by atoms with E-state index in [0.29, 0.717) is 42.7 Å². The summed E-state index contributed by atoms with van der Waals surface area (Å²) >= 11 is 6.05. The van der Waals surface area contributed by atoms with Crippen molar-refractivity contribution < 1.29 is 9.18 Å². The van der Waals surface area contributed by atoms with Crippen LogP contribution in [0.25, 0.3) is 5.65 Å². The molecular formula is C17H15ClFN5O. The maximum Gasteiger partial charge on any atom is 0.254 e. The van der Waals surface area contributed by atoms with Crippen LogP contribution in [0.2, 0.25) is 5.02 Å². The van der Waals surface area contributed by atoms with Crippen LogP contribution in [-0.4, -0.2) is 51.6 Å². The molecule has 2 aromatic heterocycles. The number of halogens is 2. The van der Waals surface area contributed by atoms with E-state index in [2.05, 4.69) is 15.1 Å². The van der Waals surface area contributed by atoms with Crippen molar-refractivity contribution >= 4 is 29.1 Å². The maximum atomic E-state index is 13.3. The fourth-order valence-electron chi connectivity index (χ4n) is 2.98. The minimum atomic E-state index is -0.406. The van der Waals surface area contributed by atoms with E-state index in [4.69, 9.17) is 11.6 Å². The van der Waals surface area contributed by atoms with Crippen LogP contribution in [0.3, 0.4) is 0 Å². The first-order chi connectivity index (χ1) is 12.1. The second-order valence-electron chi connectivity index (χ2n) is 5.87. The Balaban J connectivity index is 1.49. The summed E-state index contributed by atoms with van der Waals surface area (Å²) in [5.41, 5.74) is 1.09. The van der Waals surface area contributed by atoms with Crippen LogP contribution in [0, 0.1) is 5.82 Å². The molecule has 1 aromatic carbocycles. The summed E-state index contributed by atoms with van der Waals surface area (Å²) in [6, 6.07) is 9.35. The summed E-state index contributed by atoms with van der Waals surface area (Å²) in [5.74, 6) is 0.139. The molecule has 25 heavy (non-hydrogen) atoms. The number of carbonyl (C=O) groups excluding carboxylic acids is 1. The van der Waals surface area contributed by atoms with Crippen molar-refractivity contribution in [3.8, 4) is 0 Å². The highest BCUT2D eigenvalue weighted by Gasteiger charge is 2.24. The Bertz CT molecular complexity index is 936. The molecule has 3 heterocycles.